The highest BCUT2D eigenvalue weighted by atomic mass is 79.9. The summed E-state index contributed by atoms with van der Waals surface area (Å²) >= 11 is 3.41. The van der Waals surface area contributed by atoms with E-state index in [1.165, 1.54) is 44.9 Å². The molecule has 92 valence electrons. The van der Waals surface area contributed by atoms with Crippen molar-refractivity contribution in [3.63, 3.8) is 0 Å². The predicted molar refractivity (Wildman–Crippen MR) is 68.4 cm³/mol. The van der Waals surface area contributed by atoms with Crippen LogP contribution in [0.1, 0.15) is 57.8 Å². The third-order valence-electron chi connectivity index (χ3n) is 2.62. The molecule has 1 atom stereocenters. The Bertz CT molecular complexity index is 120. The summed E-state index contributed by atoms with van der Waals surface area (Å²) < 4.78 is 0. The zero-order valence-corrected chi connectivity index (χ0v) is 11.2. The van der Waals surface area contributed by atoms with Gasteiger partial charge in [-0.2, -0.15) is 0 Å². The monoisotopic (exact) mass is 280 g/mol. The van der Waals surface area contributed by atoms with Crippen LogP contribution in [0.2, 0.25) is 0 Å². The first-order valence-corrected chi connectivity index (χ1v) is 7.08. The number of hydrogen-bond donors (Lipinski definition) is 2. The van der Waals surface area contributed by atoms with E-state index in [0.717, 1.165) is 12.8 Å². The molecule has 0 heterocycles. The number of aliphatic hydroxyl groups excluding tert-OH is 2. The fraction of sp³-hybridized carbons (Fsp3) is 1.00. The minimum atomic E-state index is 0.251. The van der Waals surface area contributed by atoms with Crippen molar-refractivity contribution >= 4 is 15.9 Å². The van der Waals surface area contributed by atoms with Crippen molar-refractivity contribution < 1.29 is 10.2 Å². The fourth-order valence-corrected chi connectivity index (χ4v) is 1.95. The van der Waals surface area contributed by atoms with Crippen LogP contribution in [0.5, 0.6) is 0 Å². The minimum absolute atomic E-state index is 0.251. The second kappa shape index (κ2) is 12.5. The van der Waals surface area contributed by atoms with Gasteiger partial charge < -0.3 is 10.2 Å². The molecule has 0 aromatic carbocycles. The van der Waals surface area contributed by atoms with E-state index in [4.69, 9.17) is 10.2 Å². The molecule has 0 amide bonds. The molecule has 2 N–H and O–H groups in total. The largest absolute Gasteiger partial charge is 0.396 e. The number of hydrogen-bond acceptors (Lipinski definition) is 2. The van der Waals surface area contributed by atoms with Gasteiger partial charge in [-0.3, -0.25) is 0 Å². The number of aliphatic hydroxyl groups is 2. The molecule has 15 heavy (non-hydrogen) atoms. The Kier molecular flexibility index (Phi) is 12.8. The molecule has 2 nitrogen and oxygen atoms in total. The lowest BCUT2D eigenvalue weighted by Crippen LogP contribution is -2.02. The van der Waals surface area contributed by atoms with Crippen molar-refractivity contribution in [2.75, 3.05) is 13.2 Å². The van der Waals surface area contributed by atoms with Gasteiger partial charge in [0.1, 0.15) is 0 Å². The third kappa shape index (κ3) is 12.3. The average molecular weight is 281 g/mol. The van der Waals surface area contributed by atoms with Gasteiger partial charge in [0.2, 0.25) is 0 Å². The molecule has 0 saturated heterocycles. The van der Waals surface area contributed by atoms with Crippen LogP contribution < -0.4 is 0 Å². The first kappa shape index (κ1) is 15.4. The summed E-state index contributed by atoms with van der Waals surface area (Å²) in [6.07, 6.45) is 10.9. The van der Waals surface area contributed by atoms with Crippen molar-refractivity contribution in [3.05, 3.63) is 0 Å². The number of alkyl halides is 1. The highest BCUT2D eigenvalue weighted by molar-refractivity contribution is 9.09. The molecule has 0 saturated carbocycles. The molecule has 0 spiro atoms. The highest BCUT2D eigenvalue weighted by Crippen LogP contribution is 2.13. The molecule has 0 aromatic heterocycles. The van der Waals surface area contributed by atoms with Gasteiger partial charge >= 0.3 is 0 Å². The van der Waals surface area contributed by atoms with Gasteiger partial charge in [0.15, 0.2) is 0 Å². The molecule has 0 rings (SSSR count). The molecule has 0 fully saturated rings. The van der Waals surface area contributed by atoms with Crippen molar-refractivity contribution in [3.8, 4) is 0 Å². The molecule has 0 aromatic rings. The molecule has 3 heteroatoms. The van der Waals surface area contributed by atoms with Crippen molar-refractivity contribution in [2.24, 2.45) is 0 Å². The summed E-state index contributed by atoms with van der Waals surface area (Å²) in [7, 11) is 0. The Balaban J connectivity index is 2.92. The number of rotatable bonds is 11. The molecule has 0 aliphatic carbocycles. The van der Waals surface area contributed by atoms with Crippen LogP contribution in [-0.4, -0.2) is 28.3 Å². The topological polar surface area (TPSA) is 40.5 Å². The van der Waals surface area contributed by atoms with Crippen LogP contribution in [0, 0.1) is 0 Å². The van der Waals surface area contributed by atoms with Gasteiger partial charge in [-0.15, -0.1) is 0 Å². The van der Waals surface area contributed by atoms with Gasteiger partial charge in [-0.25, -0.2) is 0 Å². The van der Waals surface area contributed by atoms with E-state index in [0.29, 0.717) is 11.4 Å². The zero-order chi connectivity index (χ0) is 11.4. The van der Waals surface area contributed by atoms with Crippen LogP contribution in [0.25, 0.3) is 0 Å². The quantitative estimate of drug-likeness (QED) is 0.451. The Labute approximate surface area is 102 Å². The van der Waals surface area contributed by atoms with Crippen LogP contribution in [0.3, 0.4) is 0 Å². The Morgan fingerprint density at radius 1 is 0.733 bits per heavy atom. The highest BCUT2D eigenvalue weighted by Gasteiger charge is 2.00. The van der Waals surface area contributed by atoms with Gasteiger partial charge in [0.25, 0.3) is 0 Å². The van der Waals surface area contributed by atoms with Gasteiger partial charge in [-0.05, 0) is 12.8 Å². The van der Waals surface area contributed by atoms with Gasteiger partial charge in [-0.1, -0.05) is 60.9 Å². The Morgan fingerprint density at radius 3 is 1.67 bits per heavy atom. The van der Waals surface area contributed by atoms with E-state index in [9.17, 15) is 0 Å². The zero-order valence-electron chi connectivity index (χ0n) is 9.63. The van der Waals surface area contributed by atoms with Crippen molar-refractivity contribution in [2.45, 2.75) is 62.6 Å². The first-order chi connectivity index (χ1) is 7.31. The van der Waals surface area contributed by atoms with E-state index in [2.05, 4.69) is 15.9 Å². The van der Waals surface area contributed by atoms with E-state index in [1.54, 1.807) is 0 Å². The number of halogens is 1. The molecular weight excluding hydrogens is 256 g/mol. The summed E-state index contributed by atoms with van der Waals surface area (Å²) in [4.78, 5) is 0.294. The summed E-state index contributed by atoms with van der Waals surface area (Å²) in [6, 6.07) is 0. The van der Waals surface area contributed by atoms with E-state index in [-0.39, 0.29) is 6.61 Å². The standard InChI is InChI=1S/C12H25BrO2/c13-12(11-15)9-7-5-3-1-2-4-6-8-10-14/h12,14-15H,1-11H2. The predicted octanol–water partition coefficient (Wildman–Crippen LogP) is 3.25. The van der Waals surface area contributed by atoms with E-state index >= 15 is 0 Å². The maximum atomic E-state index is 8.79. The van der Waals surface area contributed by atoms with Crippen molar-refractivity contribution in [1.29, 1.82) is 0 Å². The van der Waals surface area contributed by atoms with Gasteiger partial charge in [0.05, 0.1) is 6.61 Å². The van der Waals surface area contributed by atoms with Crippen LogP contribution in [0.15, 0.2) is 0 Å². The summed E-state index contributed by atoms with van der Waals surface area (Å²) in [5, 5.41) is 17.4. The normalized spacial score (nSPS) is 13.0. The second-order valence-electron chi connectivity index (χ2n) is 4.12. The first-order valence-electron chi connectivity index (χ1n) is 6.17. The summed E-state index contributed by atoms with van der Waals surface area (Å²) in [5.74, 6) is 0. The molecule has 0 aliphatic heterocycles. The Morgan fingerprint density at radius 2 is 1.20 bits per heavy atom. The van der Waals surface area contributed by atoms with Crippen LogP contribution >= 0.6 is 15.9 Å². The lowest BCUT2D eigenvalue weighted by molar-refractivity contribution is 0.282. The van der Waals surface area contributed by atoms with E-state index in [1.807, 2.05) is 0 Å². The number of unbranched alkanes of at least 4 members (excludes halogenated alkanes) is 7. The molecule has 1 unspecified atom stereocenters. The summed E-state index contributed by atoms with van der Waals surface area (Å²) in [6.45, 7) is 0.592. The molecule has 0 radical (unpaired) electrons. The second-order valence-corrected chi connectivity index (χ2v) is 5.42. The van der Waals surface area contributed by atoms with Crippen LogP contribution in [-0.2, 0) is 0 Å². The Hall–Kier alpha value is 0.400. The van der Waals surface area contributed by atoms with Crippen molar-refractivity contribution in [1.82, 2.24) is 0 Å². The minimum Gasteiger partial charge on any atom is -0.396 e. The molecular formula is C12H25BrO2. The average Bonchev–Trinajstić information content (AvgIpc) is 2.26. The van der Waals surface area contributed by atoms with E-state index < -0.39 is 0 Å². The lowest BCUT2D eigenvalue weighted by Gasteiger charge is -2.05. The molecule has 0 bridgehead atoms. The fourth-order valence-electron chi connectivity index (χ4n) is 1.63. The SMILES string of the molecule is OCCCCCCCCCCC(Br)CO. The van der Waals surface area contributed by atoms with Gasteiger partial charge in [0, 0.05) is 11.4 Å². The maximum absolute atomic E-state index is 8.79. The maximum Gasteiger partial charge on any atom is 0.0556 e. The molecule has 0 aliphatic rings. The third-order valence-corrected chi connectivity index (χ3v) is 3.37. The van der Waals surface area contributed by atoms with Crippen LogP contribution in [0.4, 0.5) is 0 Å². The summed E-state index contributed by atoms with van der Waals surface area (Å²) in [5.41, 5.74) is 0. The lowest BCUT2D eigenvalue weighted by atomic mass is 10.1. The smallest absolute Gasteiger partial charge is 0.0556 e.